The first-order chi connectivity index (χ1) is 11.5. The van der Waals surface area contributed by atoms with Gasteiger partial charge in [-0.25, -0.2) is 9.97 Å². The van der Waals surface area contributed by atoms with Crippen LogP contribution in [-0.2, 0) is 4.79 Å². The van der Waals surface area contributed by atoms with Crippen LogP contribution in [0.1, 0.15) is 18.1 Å². The van der Waals surface area contributed by atoms with Crippen molar-refractivity contribution in [3.05, 3.63) is 41.7 Å². The molecule has 2 aromatic rings. The SMILES string of the molecule is CC(=O)N1CCN(c2cc(Nc3cc(C)cc(C)c3)ncn2)CC1. The fourth-order valence-corrected chi connectivity index (χ4v) is 3.03. The summed E-state index contributed by atoms with van der Waals surface area (Å²) in [7, 11) is 0. The number of aromatic nitrogens is 2. The van der Waals surface area contributed by atoms with E-state index in [9.17, 15) is 4.79 Å². The van der Waals surface area contributed by atoms with E-state index in [1.807, 2.05) is 11.0 Å². The number of rotatable bonds is 3. The molecular formula is C18H23N5O. The Morgan fingerprint density at radius 3 is 2.29 bits per heavy atom. The first kappa shape index (κ1) is 16.2. The van der Waals surface area contributed by atoms with Gasteiger partial charge in [-0.3, -0.25) is 4.79 Å². The average molecular weight is 325 g/mol. The Bertz CT molecular complexity index is 718. The molecule has 0 unspecified atom stereocenters. The van der Waals surface area contributed by atoms with E-state index < -0.39 is 0 Å². The normalized spacial score (nSPS) is 14.6. The van der Waals surface area contributed by atoms with E-state index >= 15 is 0 Å². The highest BCUT2D eigenvalue weighted by molar-refractivity contribution is 5.73. The van der Waals surface area contributed by atoms with Gasteiger partial charge in [0.05, 0.1) is 0 Å². The Kier molecular flexibility index (Phi) is 4.64. The Morgan fingerprint density at radius 1 is 1.00 bits per heavy atom. The van der Waals surface area contributed by atoms with E-state index in [4.69, 9.17) is 0 Å². The van der Waals surface area contributed by atoms with Crippen LogP contribution >= 0.6 is 0 Å². The number of carbonyl (C=O) groups excluding carboxylic acids is 1. The fourth-order valence-electron chi connectivity index (χ4n) is 3.03. The second kappa shape index (κ2) is 6.86. The minimum Gasteiger partial charge on any atom is -0.353 e. The first-order valence-electron chi connectivity index (χ1n) is 8.19. The van der Waals surface area contributed by atoms with Crippen LogP contribution in [0.3, 0.4) is 0 Å². The molecule has 0 spiro atoms. The molecule has 0 aliphatic carbocycles. The lowest BCUT2D eigenvalue weighted by atomic mass is 10.1. The van der Waals surface area contributed by atoms with Crippen molar-refractivity contribution < 1.29 is 4.79 Å². The van der Waals surface area contributed by atoms with Gasteiger partial charge in [0.1, 0.15) is 18.0 Å². The van der Waals surface area contributed by atoms with Crippen molar-refractivity contribution >= 4 is 23.2 Å². The number of amides is 1. The topological polar surface area (TPSA) is 61.4 Å². The number of benzene rings is 1. The molecule has 1 aliphatic rings. The van der Waals surface area contributed by atoms with Crippen LogP contribution in [0.2, 0.25) is 0 Å². The zero-order valence-corrected chi connectivity index (χ0v) is 14.4. The second-order valence-corrected chi connectivity index (χ2v) is 6.26. The van der Waals surface area contributed by atoms with Crippen molar-refractivity contribution in [1.29, 1.82) is 0 Å². The van der Waals surface area contributed by atoms with Gasteiger partial charge in [0.15, 0.2) is 0 Å². The number of carbonyl (C=O) groups is 1. The molecule has 1 saturated heterocycles. The highest BCUT2D eigenvalue weighted by atomic mass is 16.2. The van der Waals surface area contributed by atoms with Crippen molar-refractivity contribution in [2.75, 3.05) is 36.4 Å². The number of hydrogen-bond acceptors (Lipinski definition) is 5. The Morgan fingerprint density at radius 2 is 1.67 bits per heavy atom. The summed E-state index contributed by atoms with van der Waals surface area (Å²) in [6.45, 7) is 8.83. The zero-order valence-electron chi connectivity index (χ0n) is 14.4. The monoisotopic (exact) mass is 325 g/mol. The lowest BCUT2D eigenvalue weighted by molar-refractivity contribution is -0.129. The molecule has 1 aromatic carbocycles. The molecule has 1 aromatic heterocycles. The van der Waals surface area contributed by atoms with Gasteiger partial charge in [0, 0.05) is 44.9 Å². The number of hydrogen-bond donors (Lipinski definition) is 1. The average Bonchev–Trinajstić information content (AvgIpc) is 2.54. The number of nitrogens with zero attached hydrogens (tertiary/aromatic N) is 4. The molecule has 0 saturated carbocycles. The number of aryl methyl sites for hydroxylation is 2. The number of piperazine rings is 1. The second-order valence-electron chi connectivity index (χ2n) is 6.26. The van der Waals surface area contributed by atoms with Gasteiger partial charge in [-0.15, -0.1) is 0 Å². The Labute approximate surface area is 142 Å². The van der Waals surface area contributed by atoms with Gasteiger partial charge in [0.25, 0.3) is 0 Å². The van der Waals surface area contributed by atoms with Crippen LogP contribution in [0.25, 0.3) is 0 Å². The minimum absolute atomic E-state index is 0.134. The molecular weight excluding hydrogens is 302 g/mol. The summed E-state index contributed by atoms with van der Waals surface area (Å²) in [4.78, 5) is 24.2. The van der Waals surface area contributed by atoms with E-state index in [0.29, 0.717) is 0 Å². The van der Waals surface area contributed by atoms with Crippen molar-refractivity contribution in [2.24, 2.45) is 0 Å². The molecule has 1 amide bonds. The summed E-state index contributed by atoms with van der Waals surface area (Å²) in [5, 5.41) is 3.35. The standard InChI is InChI=1S/C18H23N5O/c1-13-8-14(2)10-16(9-13)21-17-11-18(20-12-19-17)23-6-4-22(5-7-23)15(3)24/h8-12H,4-7H2,1-3H3,(H,19,20,21). The maximum absolute atomic E-state index is 11.4. The van der Waals surface area contributed by atoms with Gasteiger partial charge in [0.2, 0.25) is 5.91 Å². The van der Waals surface area contributed by atoms with Gasteiger partial charge < -0.3 is 15.1 Å². The van der Waals surface area contributed by atoms with Crippen LogP contribution in [-0.4, -0.2) is 47.0 Å². The summed E-state index contributed by atoms with van der Waals surface area (Å²) in [5.41, 5.74) is 3.46. The quantitative estimate of drug-likeness (QED) is 0.939. The summed E-state index contributed by atoms with van der Waals surface area (Å²) < 4.78 is 0. The number of anilines is 3. The smallest absolute Gasteiger partial charge is 0.219 e. The van der Waals surface area contributed by atoms with E-state index in [1.54, 1.807) is 13.3 Å². The molecule has 6 nitrogen and oxygen atoms in total. The predicted molar refractivity (Wildman–Crippen MR) is 95.7 cm³/mol. The third-order valence-electron chi connectivity index (χ3n) is 4.20. The Balaban J connectivity index is 1.71. The van der Waals surface area contributed by atoms with Gasteiger partial charge in [-0.1, -0.05) is 6.07 Å². The van der Waals surface area contributed by atoms with Crippen LogP contribution in [0.15, 0.2) is 30.6 Å². The molecule has 6 heteroatoms. The maximum atomic E-state index is 11.4. The van der Waals surface area contributed by atoms with Crippen molar-refractivity contribution in [1.82, 2.24) is 14.9 Å². The van der Waals surface area contributed by atoms with Gasteiger partial charge >= 0.3 is 0 Å². The molecule has 24 heavy (non-hydrogen) atoms. The van der Waals surface area contributed by atoms with Crippen LogP contribution in [0.5, 0.6) is 0 Å². The highest BCUT2D eigenvalue weighted by Gasteiger charge is 2.19. The molecule has 0 atom stereocenters. The zero-order chi connectivity index (χ0) is 17.1. The molecule has 0 bridgehead atoms. The highest BCUT2D eigenvalue weighted by Crippen LogP contribution is 2.21. The van der Waals surface area contributed by atoms with Gasteiger partial charge in [-0.2, -0.15) is 0 Å². The number of nitrogens with one attached hydrogen (secondary N) is 1. The van der Waals surface area contributed by atoms with Crippen molar-refractivity contribution in [3.8, 4) is 0 Å². The lowest BCUT2D eigenvalue weighted by Crippen LogP contribution is -2.48. The molecule has 2 heterocycles. The first-order valence-corrected chi connectivity index (χ1v) is 8.19. The van der Waals surface area contributed by atoms with Crippen molar-refractivity contribution in [3.63, 3.8) is 0 Å². The summed E-state index contributed by atoms with van der Waals surface area (Å²) in [6.07, 6.45) is 1.58. The molecule has 1 aliphatic heterocycles. The maximum Gasteiger partial charge on any atom is 0.219 e. The molecule has 1 N–H and O–H groups in total. The summed E-state index contributed by atoms with van der Waals surface area (Å²) in [5.74, 6) is 1.80. The third kappa shape index (κ3) is 3.82. The summed E-state index contributed by atoms with van der Waals surface area (Å²) >= 11 is 0. The molecule has 126 valence electrons. The predicted octanol–water partition coefficient (Wildman–Crippen LogP) is 2.51. The third-order valence-corrected chi connectivity index (χ3v) is 4.20. The van der Waals surface area contributed by atoms with E-state index in [2.05, 4.69) is 52.2 Å². The molecule has 0 radical (unpaired) electrons. The van der Waals surface area contributed by atoms with Crippen LogP contribution < -0.4 is 10.2 Å². The molecule has 3 rings (SSSR count). The van der Waals surface area contributed by atoms with E-state index in [0.717, 1.165) is 43.5 Å². The van der Waals surface area contributed by atoms with E-state index in [1.165, 1.54) is 11.1 Å². The van der Waals surface area contributed by atoms with Crippen LogP contribution in [0.4, 0.5) is 17.3 Å². The lowest BCUT2D eigenvalue weighted by Gasteiger charge is -2.34. The Hall–Kier alpha value is -2.63. The largest absolute Gasteiger partial charge is 0.353 e. The minimum atomic E-state index is 0.134. The fraction of sp³-hybridized carbons (Fsp3) is 0.389. The van der Waals surface area contributed by atoms with Crippen LogP contribution in [0, 0.1) is 13.8 Å². The van der Waals surface area contributed by atoms with Crippen molar-refractivity contribution in [2.45, 2.75) is 20.8 Å². The van der Waals surface area contributed by atoms with E-state index in [-0.39, 0.29) is 5.91 Å². The summed E-state index contributed by atoms with van der Waals surface area (Å²) in [6, 6.07) is 8.30. The molecule has 1 fully saturated rings. The van der Waals surface area contributed by atoms with Gasteiger partial charge in [-0.05, 0) is 37.1 Å².